The molecular formula is C28H31BFN2O. The zero-order valence-corrected chi connectivity index (χ0v) is 19.5. The quantitative estimate of drug-likeness (QED) is 0.229. The number of aryl methyl sites for hydroxylation is 2. The first kappa shape index (κ1) is 24.3. The molecule has 0 N–H and O–H groups in total. The maximum atomic E-state index is 12.8. The van der Waals surface area contributed by atoms with Crippen molar-refractivity contribution < 1.29 is 9.13 Å². The van der Waals surface area contributed by atoms with Gasteiger partial charge >= 0.3 is 0 Å². The molecule has 1 radical (unpaired) electrons. The molecule has 5 heteroatoms. The minimum atomic E-state index is -0.207. The van der Waals surface area contributed by atoms with Crippen LogP contribution >= 0.6 is 0 Å². The Balaban J connectivity index is 0.000000203. The number of aromatic nitrogens is 2. The highest BCUT2D eigenvalue weighted by Gasteiger charge is 2.03. The van der Waals surface area contributed by atoms with Gasteiger partial charge in [0, 0.05) is 18.1 Å². The van der Waals surface area contributed by atoms with Gasteiger partial charge in [0.05, 0.1) is 12.9 Å². The number of halogens is 1. The van der Waals surface area contributed by atoms with Crippen LogP contribution in [0, 0.1) is 12.7 Å². The van der Waals surface area contributed by atoms with E-state index in [-0.39, 0.29) is 5.82 Å². The summed E-state index contributed by atoms with van der Waals surface area (Å²) in [7, 11) is 2.29. The average molecular weight is 441 g/mol. The van der Waals surface area contributed by atoms with Crippen LogP contribution in [0.25, 0.3) is 5.69 Å². The van der Waals surface area contributed by atoms with Crippen LogP contribution in [0.2, 0.25) is 6.32 Å². The van der Waals surface area contributed by atoms with Crippen LogP contribution in [0.3, 0.4) is 0 Å². The van der Waals surface area contributed by atoms with Crippen LogP contribution in [-0.4, -0.2) is 23.4 Å². The fourth-order valence-electron chi connectivity index (χ4n) is 3.62. The molecule has 1 aromatic heterocycles. The van der Waals surface area contributed by atoms with Crippen molar-refractivity contribution in [3.63, 3.8) is 0 Å². The summed E-state index contributed by atoms with van der Waals surface area (Å²) in [5, 5.41) is 0. The molecular weight excluding hydrogens is 410 g/mol. The monoisotopic (exact) mass is 441 g/mol. The number of benzene rings is 3. The zero-order valence-electron chi connectivity index (χ0n) is 19.5. The van der Waals surface area contributed by atoms with Gasteiger partial charge in [0.25, 0.3) is 0 Å². The van der Waals surface area contributed by atoms with Gasteiger partial charge in [-0.3, -0.25) is 0 Å². The summed E-state index contributed by atoms with van der Waals surface area (Å²) in [6.45, 7) is 4.62. The first-order valence-electron chi connectivity index (χ1n) is 11.5. The molecule has 0 aliphatic heterocycles. The predicted molar refractivity (Wildman–Crippen MR) is 135 cm³/mol. The van der Waals surface area contributed by atoms with Gasteiger partial charge in [-0.05, 0) is 67.5 Å². The van der Waals surface area contributed by atoms with Crippen molar-refractivity contribution in [2.45, 2.75) is 39.4 Å². The van der Waals surface area contributed by atoms with E-state index in [0.717, 1.165) is 29.9 Å². The molecule has 0 unspecified atom stereocenters. The van der Waals surface area contributed by atoms with E-state index in [0.29, 0.717) is 0 Å². The van der Waals surface area contributed by atoms with Crippen molar-refractivity contribution in [3.8, 4) is 11.4 Å². The second kappa shape index (κ2) is 13.3. The zero-order chi connectivity index (χ0) is 23.3. The summed E-state index contributed by atoms with van der Waals surface area (Å²) in [5.74, 6) is 0.791. The van der Waals surface area contributed by atoms with E-state index < -0.39 is 0 Å². The van der Waals surface area contributed by atoms with Crippen molar-refractivity contribution in [2.75, 3.05) is 6.61 Å². The van der Waals surface area contributed by atoms with Crippen molar-refractivity contribution in [2.24, 2.45) is 0 Å². The molecule has 0 saturated carbocycles. The van der Waals surface area contributed by atoms with Gasteiger partial charge in [-0.15, -0.1) is 0 Å². The fraction of sp³-hybridized carbons (Fsp3) is 0.250. The summed E-state index contributed by atoms with van der Waals surface area (Å²) in [4.78, 5) is 3.93. The third kappa shape index (κ3) is 7.94. The van der Waals surface area contributed by atoms with Crippen LogP contribution in [0.4, 0.5) is 4.39 Å². The van der Waals surface area contributed by atoms with Crippen LogP contribution in [0.5, 0.6) is 5.75 Å². The van der Waals surface area contributed by atoms with Gasteiger partial charge in [0.1, 0.15) is 11.6 Å². The fourth-order valence-corrected chi connectivity index (χ4v) is 3.62. The maximum absolute atomic E-state index is 12.8. The molecule has 1 heterocycles. The second-order valence-corrected chi connectivity index (χ2v) is 7.81. The average Bonchev–Trinajstić information content (AvgIpc) is 3.36. The summed E-state index contributed by atoms with van der Waals surface area (Å²) >= 11 is 0. The molecule has 0 amide bonds. The molecule has 0 aliphatic carbocycles. The SMILES string of the molecule is CCOc1ccccc1[B]CCCCc1ccccc1.Cc1cc(F)ccc1-n1ccnc1. The Hall–Kier alpha value is -3.34. The number of para-hydroxylation sites is 1. The number of hydrogen-bond acceptors (Lipinski definition) is 2. The Kier molecular flexibility index (Phi) is 9.77. The van der Waals surface area contributed by atoms with E-state index in [1.54, 1.807) is 18.6 Å². The Bertz CT molecular complexity index is 1080. The highest BCUT2D eigenvalue weighted by Crippen LogP contribution is 2.14. The van der Waals surface area contributed by atoms with E-state index >= 15 is 0 Å². The minimum Gasteiger partial charge on any atom is -0.494 e. The van der Waals surface area contributed by atoms with Crippen LogP contribution in [0.15, 0.2) is 91.5 Å². The molecule has 0 spiro atoms. The van der Waals surface area contributed by atoms with Gasteiger partial charge in [0.15, 0.2) is 7.28 Å². The van der Waals surface area contributed by atoms with Gasteiger partial charge in [-0.2, -0.15) is 0 Å². The Morgan fingerprint density at radius 3 is 2.48 bits per heavy atom. The molecule has 0 aliphatic rings. The van der Waals surface area contributed by atoms with Gasteiger partial charge in [-0.1, -0.05) is 61.3 Å². The molecule has 33 heavy (non-hydrogen) atoms. The number of unbranched alkanes of at least 4 members (excludes halogenated alkanes) is 1. The standard InChI is InChI=1S/C18H22BO.C10H9FN2/c1-2-20-18-14-7-6-13-17(18)19-15-9-8-12-16-10-4-3-5-11-16;1-8-6-9(11)2-3-10(8)13-5-4-12-7-13/h3-7,10-11,13-14H,2,8-9,12,15H2,1H3;2-7H,1H3. The molecule has 0 saturated heterocycles. The number of hydrogen-bond donors (Lipinski definition) is 0. The maximum Gasteiger partial charge on any atom is 0.156 e. The van der Waals surface area contributed by atoms with Crippen molar-refractivity contribution in [1.29, 1.82) is 0 Å². The molecule has 0 bridgehead atoms. The van der Waals surface area contributed by atoms with Crippen LogP contribution in [-0.2, 0) is 6.42 Å². The van der Waals surface area contributed by atoms with Gasteiger partial charge in [0.2, 0.25) is 0 Å². The molecule has 0 atom stereocenters. The Morgan fingerprint density at radius 2 is 1.76 bits per heavy atom. The lowest BCUT2D eigenvalue weighted by Gasteiger charge is -2.09. The molecule has 3 aromatic carbocycles. The third-order valence-corrected chi connectivity index (χ3v) is 5.29. The summed E-state index contributed by atoms with van der Waals surface area (Å²) < 4.78 is 20.3. The van der Waals surface area contributed by atoms with Crippen molar-refractivity contribution in [3.05, 3.63) is 108 Å². The van der Waals surface area contributed by atoms with E-state index in [1.165, 1.54) is 42.4 Å². The Labute approximate surface area is 197 Å². The highest BCUT2D eigenvalue weighted by molar-refractivity contribution is 6.54. The summed E-state index contributed by atoms with van der Waals surface area (Å²) in [5.41, 5.74) is 4.51. The third-order valence-electron chi connectivity index (χ3n) is 5.29. The van der Waals surface area contributed by atoms with E-state index in [9.17, 15) is 4.39 Å². The number of ether oxygens (including phenoxy) is 1. The van der Waals surface area contributed by atoms with Crippen molar-refractivity contribution in [1.82, 2.24) is 9.55 Å². The number of nitrogens with zero attached hydrogens (tertiary/aromatic N) is 2. The lowest BCUT2D eigenvalue weighted by molar-refractivity contribution is 0.343. The molecule has 4 aromatic rings. The van der Waals surface area contributed by atoms with Crippen molar-refractivity contribution >= 4 is 12.7 Å². The lowest BCUT2D eigenvalue weighted by Crippen LogP contribution is -2.17. The summed E-state index contributed by atoms with van der Waals surface area (Å²) in [6, 6.07) is 23.7. The molecule has 0 fully saturated rings. The van der Waals surface area contributed by atoms with E-state index in [2.05, 4.69) is 54.7 Å². The van der Waals surface area contributed by atoms with Gasteiger partial charge < -0.3 is 9.30 Å². The largest absolute Gasteiger partial charge is 0.494 e. The highest BCUT2D eigenvalue weighted by atomic mass is 19.1. The molecule has 4 rings (SSSR count). The summed E-state index contributed by atoms with van der Waals surface area (Å²) in [6.07, 6.45) is 9.95. The Morgan fingerprint density at radius 1 is 0.970 bits per heavy atom. The first-order valence-corrected chi connectivity index (χ1v) is 11.5. The topological polar surface area (TPSA) is 27.1 Å². The first-order chi connectivity index (χ1) is 16.2. The van der Waals surface area contributed by atoms with Crippen LogP contribution in [0.1, 0.15) is 30.9 Å². The number of rotatable bonds is 9. The van der Waals surface area contributed by atoms with Gasteiger partial charge in [-0.25, -0.2) is 9.37 Å². The smallest absolute Gasteiger partial charge is 0.156 e. The molecule has 3 nitrogen and oxygen atoms in total. The predicted octanol–water partition coefficient (Wildman–Crippen LogP) is 6.18. The minimum absolute atomic E-state index is 0.207. The van der Waals surface area contributed by atoms with E-state index in [1.807, 2.05) is 36.7 Å². The van der Waals surface area contributed by atoms with Crippen LogP contribution < -0.4 is 10.2 Å². The number of imidazole rings is 1. The molecule has 169 valence electrons. The van der Waals surface area contributed by atoms with E-state index in [4.69, 9.17) is 4.74 Å². The second-order valence-electron chi connectivity index (χ2n) is 7.81. The lowest BCUT2D eigenvalue weighted by atomic mass is 9.65. The normalized spacial score (nSPS) is 10.3.